The second kappa shape index (κ2) is 6.91. The van der Waals surface area contributed by atoms with Crippen molar-refractivity contribution in [3.63, 3.8) is 0 Å². The van der Waals surface area contributed by atoms with Gasteiger partial charge in [-0.2, -0.15) is 5.10 Å². The van der Waals surface area contributed by atoms with Gasteiger partial charge in [-0.3, -0.25) is 9.59 Å². The van der Waals surface area contributed by atoms with Crippen molar-refractivity contribution < 1.29 is 4.79 Å². The van der Waals surface area contributed by atoms with Crippen molar-refractivity contribution in [2.45, 2.75) is 26.4 Å². The summed E-state index contributed by atoms with van der Waals surface area (Å²) >= 11 is 1.52. The summed E-state index contributed by atoms with van der Waals surface area (Å²) in [4.78, 5) is 32.2. The average Bonchev–Trinajstić information content (AvgIpc) is 2.94. The molecule has 124 valence electrons. The maximum Gasteiger partial charge on any atom is 0.269 e. The second-order valence-electron chi connectivity index (χ2n) is 5.61. The number of rotatable bonds is 5. The third-order valence-electron chi connectivity index (χ3n) is 3.63. The Hall–Kier alpha value is -2.22. The highest BCUT2D eigenvalue weighted by Crippen LogP contribution is 2.22. The van der Waals surface area contributed by atoms with Gasteiger partial charge in [0.05, 0.1) is 17.9 Å². The molecule has 8 heteroatoms. The van der Waals surface area contributed by atoms with Gasteiger partial charge >= 0.3 is 0 Å². The van der Waals surface area contributed by atoms with E-state index in [4.69, 9.17) is 0 Å². The van der Waals surface area contributed by atoms with E-state index in [9.17, 15) is 9.59 Å². The SMILES string of the molecule is Cc1csc([C@H](C)N(C)C(=O)Cn2ncc(N(C)C)cc2=O)n1. The van der Waals surface area contributed by atoms with Gasteiger partial charge in [0, 0.05) is 38.3 Å². The summed E-state index contributed by atoms with van der Waals surface area (Å²) in [7, 11) is 5.37. The summed E-state index contributed by atoms with van der Waals surface area (Å²) in [6.45, 7) is 3.75. The lowest BCUT2D eigenvalue weighted by molar-refractivity contribution is -0.132. The zero-order chi connectivity index (χ0) is 17.1. The lowest BCUT2D eigenvalue weighted by Crippen LogP contribution is -2.36. The van der Waals surface area contributed by atoms with E-state index in [1.54, 1.807) is 23.0 Å². The van der Waals surface area contributed by atoms with Gasteiger partial charge in [-0.25, -0.2) is 9.67 Å². The number of thiazole rings is 1. The highest BCUT2D eigenvalue weighted by Gasteiger charge is 2.20. The van der Waals surface area contributed by atoms with E-state index in [-0.39, 0.29) is 24.1 Å². The molecule has 0 bridgehead atoms. The minimum Gasteiger partial charge on any atom is -0.376 e. The molecule has 23 heavy (non-hydrogen) atoms. The largest absolute Gasteiger partial charge is 0.376 e. The first-order valence-electron chi connectivity index (χ1n) is 7.21. The first-order valence-corrected chi connectivity index (χ1v) is 8.09. The van der Waals surface area contributed by atoms with Crippen LogP contribution >= 0.6 is 11.3 Å². The molecule has 2 rings (SSSR count). The van der Waals surface area contributed by atoms with Crippen molar-refractivity contribution >= 4 is 22.9 Å². The lowest BCUT2D eigenvalue weighted by Gasteiger charge is -2.23. The summed E-state index contributed by atoms with van der Waals surface area (Å²) in [5.41, 5.74) is 1.35. The van der Waals surface area contributed by atoms with Gasteiger partial charge in [-0.15, -0.1) is 11.3 Å². The van der Waals surface area contributed by atoms with Gasteiger partial charge < -0.3 is 9.80 Å². The van der Waals surface area contributed by atoms with E-state index in [0.29, 0.717) is 5.69 Å². The number of nitrogens with zero attached hydrogens (tertiary/aromatic N) is 5. The second-order valence-corrected chi connectivity index (χ2v) is 6.50. The normalized spacial score (nSPS) is 12.0. The average molecular weight is 335 g/mol. The first-order chi connectivity index (χ1) is 10.8. The zero-order valence-corrected chi connectivity index (χ0v) is 14.8. The molecule has 0 N–H and O–H groups in total. The van der Waals surface area contributed by atoms with Crippen molar-refractivity contribution in [1.29, 1.82) is 0 Å². The van der Waals surface area contributed by atoms with Crippen LogP contribution in [0, 0.1) is 6.92 Å². The molecule has 0 spiro atoms. The standard InChI is InChI=1S/C15H21N5O2S/c1-10-9-23-15(17-10)11(2)19(5)14(22)8-20-13(21)6-12(7-16-20)18(3)4/h6-7,9,11H,8H2,1-5H3/t11-/m0/s1. The molecule has 0 fully saturated rings. The van der Waals surface area contributed by atoms with Crippen molar-refractivity contribution in [2.75, 3.05) is 26.0 Å². The number of hydrogen-bond donors (Lipinski definition) is 0. The molecule has 0 saturated carbocycles. The Bertz CT molecular complexity index is 752. The van der Waals surface area contributed by atoms with Crippen molar-refractivity contribution in [2.24, 2.45) is 0 Å². The van der Waals surface area contributed by atoms with Crippen LogP contribution in [0.1, 0.15) is 23.7 Å². The topological polar surface area (TPSA) is 71.3 Å². The highest BCUT2D eigenvalue weighted by atomic mass is 32.1. The quantitative estimate of drug-likeness (QED) is 0.823. The van der Waals surface area contributed by atoms with Crippen LogP contribution in [0.4, 0.5) is 5.69 Å². The fraction of sp³-hybridized carbons (Fsp3) is 0.467. The number of likely N-dealkylation sites (N-methyl/N-ethyl adjacent to an activating group) is 1. The van der Waals surface area contributed by atoms with Crippen LogP contribution in [0.2, 0.25) is 0 Å². The lowest BCUT2D eigenvalue weighted by atomic mass is 10.3. The summed E-state index contributed by atoms with van der Waals surface area (Å²) in [5, 5.41) is 6.89. The maximum absolute atomic E-state index is 12.4. The molecule has 0 aliphatic carbocycles. The highest BCUT2D eigenvalue weighted by molar-refractivity contribution is 7.09. The summed E-state index contributed by atoms with van der Waals surface area (Å²) in [6, 6.07) is 1.33. The van der Waals surface area contributed by atoms with Crippen LogP contribution in [-0.2, 0) is 11.3 Å². The fourth-order valence-corrected chi connectivity index (χ4v) is 2.87. The molecule has 0 radical (unpaired) electrons. The van der Waals surface area contributed by atoms with Gasteiger partial charge in [0.1, 0.15) is 11.6 Å². The maximum atomic E-state index is 12.4. The Morgan fingerprint density at radius 3 is 2.61 bits per heavy atom. The predicted molar refractivity (Wildman–Crippen MR) is 90.9 cm³/mol. The van der Waals surface area contributed by atoms with Crippen LogP contribution in [-0.4, -0.2) is 46.7 Å². The number of hydrogen-bond acceptors (Lipinski definition) is 6. The van der Waals surface area contributed by atoms with E-state index >= 15 is 0 Å². The van der Waals surface area contributed by atoms with E-state index in [1.165, 1.54) is 22.1 Å². The van der Waals surface area contributed by atoms with E-state index in [1.807, 2.05) is 33.3 Å². The monoisotopic (exact) mass is 335 g/mol. The summed E-state index contributed by atoms with van der Waals surface area (Å²) in [6.07, 6.45) is 1.57. The van der Waals surface area contributed by atoms with Gasteiger partial charge in [0.15, 0.2) is 0 Å². The molecule has 0 saturated heterocycles. The molecular weight excluding hydrogens is 314 g/mol. The minimum absolute atomic E-state index is 0.0856. The molecule has 0 aliphatic rings. The van der Waals surface area contributed by atoms with Crippen LogP contribution in [0.5, 0.6) is 0 Å². The number of carbonyl (C=O) groups excluding carboxylic acids is 1. The Labute approximate surface area is 139 Å². The summed E-state index contributed by atoms with van der Waals surface area (Å²) < 4.78 is 1.17. The molecule has 0 aromatic carbocycles. The smallest absolute Gasteiger partial charge is 0.269 e. The van der Waals surface area contributed by atoms with Gasteiger partial charge in [-0.05, 0) is 13.8 Å². The molecule has 0 unspecified atom stereocenters. The molecular formula is C15H21N5O2S. The van der Waals surface area contributed by atoms with Crippen LogP contribution in [0.15, 0.2) is 22.4 Å². The number of aromatic nitrogens is 3. The molecule has 0 aliphatic heterocycles. The fourth-order valence-electron chi connectivity index (χ4n) is 1.97. The Morgan fingerprint density at radius 2 is 2.09 bits per heavy atom. The molecule has 1 amide bonds. The molecule has 1 atom stereocenters. The zero-order valence-electron chi connectivity index (χ0n) is 14.0. The van der Waals surface area contributed by atoms with Gasteiger partial charge in [0.25, 0.3) is 5.56 Å². The molecule has 2 aromatic heterocycles. The van der Waals surface area contributed by atoms with Crippen LogP contribution < -0.4 is 10.5 Å². The third-order valence-corrected chi connectivity index (χ3v) is 4.76. The summed E-state index contributed by atoms with van der Waals surface area (Å²) in [5.74, 6) is -0.183. The molecule has 7 nitrogen and oxygen atoms in total. The number of carbonyl (C=O) groups is 1. The predicted octanol–water partition coefficient (Wildman–Crippen LogP) is 1.29. The Morgan fingerprint density at radius 1 is 1.39 bits per heavy atom. The van der Waals surface area contributed by atoms with E-state index in [0.717, 1.165) is 10.7 Å². The van der Waals surface area contributed by atoms with Gasteiger partial charge in [-0.1, -0.05) is 0 Å². The first kappa shape index (κ1) is 17.1. The van der Waals surface area contributed by atoms with Crippen LogP contribution in [0.25, 0.3) is 0 Å². The molecule has 2 heterocycles. The number of amides is 1. The number of anilines is 1. The van der Waals surface area contributed by atoms with E-state index in [2.05, 4.69) is 10.1 Å². The van der Waals surface area contributed by atoms with Crippen LogP contribution in [0.3, 0.4) is 0 Å². The Kier molecular flexibility index (Phi) is 5.15. The minimum atomic E-state index is -0.296. The molecule has 2 aromatic rings. The van der Waals surface area contributed by atoms with Crippen molar-refractivity contribution in [3.05, 3.63) is 38.7 Å². The third kappa shape index (κ3) is 3.95. The Balaban J connectivity index is 2.11. The van der Waals surface area contributed by atoms with E-state index < -0.39 is 0 Å². The number of aryl methyl sites for hydroxylation is 1. The van der Waals surface area contributed by atoms with Gasteiger partial charge in [0.2, 0.25) is 5.91 Å². The van der Waals surface area contributed by atoms with Crippen molar-refractivity contribution in [1.82, 2.24) is 19.7 Å². The van der Waals surface area contributed by atoms with Crippen molar-refractivity contribution in [3.8, 4) is 0 Å².